The number of carbonyl (C=O) groups is 1. The average molecular weight is 774 g/mol. The fourth-order valence-electron chi connectivity index (χ4n) is 7.41. The normalized spacial score (nSPS) is 13.8. The molecule has 4 N–H and O–H groups in total. The topological polar surface area (TPSA) is 89.8 Å². The predicted molar refractivity (Wildman–Crippen MR) is 241 cm³/mol. The first-order valence-corrected chi connectivity index (χ1v) is 24.3. The Morgan fingerprint density at radius 1 is 0.436 bits per heavy atom. The third-order valence-corrected chi connectivity index (χ3v) is 11.2. The van der Waals surface area contributed by atoms with Gasteiger partial charge < -0.3 is 20.6 Å². The number of allylic oxidation sites excluding steroid dienone is 6. The number of unbranched alkanes of at least 4 members (excludes halogenated alkanes) is 30. The molecule has 0 heterocycles. The van der Waals surface area contributed by atoms with Gasteiger partial charge in [0.1, 0.15) is 6.10 Å². The van der Waals surface area contributed by atoms with Crippen LogP contribution in [0.15, 0.2) is 36.5 Å². The maximum atomic E-state index is 12.4. The van der Waals surface area contributed by atoms with Crippen molar-refractivity contribution < 1.29 is 20.1 Å². The quantitative estimate of drug-likeness (QED) is 0.0367. The predicted octanol–water partition coefficient (Wildman–Crippen LogP) is 14.3. The van der Waals surface area contributed by atoms with E-state index in [-0.39, 0.29) is 12.5 Å². The summed E-state index contributed by atoms with van der Waals surface area (Å²) in [5.74, 6) is -0.158. The number of carbonyl (C=O) groups excluding carboxylic acids is 1. The van der Waals surface area contributed by atoms with E-state index in [4.69, 9.17) is 0 Å². The number of nitrogens with one attached hydrogen (secondary N) is 1. The molecule has 0 spiro atoms. The summed E-state index contributed by atoms with van der Waals surface area (Å²) in [6.07, 6.45) is 57.1. The van der Waals surface area contributed by atoms with E-state index in [1.165, 1.54) is 180 Å². The van der Waals surface area contributed by atoms with Gasteiger partial charge in [-0.25, -0.2) is 0 Å². The van der Waals surface area contributed by atoms with Crippen molar-refractivity contribution in [2.45, 2.75) is 270 Å². The van der Waals surface area contributed by atoms with Crippen LogP contribution in [0.5, 0.6) is 0 Å². The highest BCUT2D eigenvalue weighted by molar-refractivity contribution is 5.76. The largest absolute Gasteiger partial charge is 0.394 e. The number of hydrogen-bond acceptors (Lipinski definition) is 4. The molecule has 324 valence electrons. The Labute approximate surface area is 343 Å². The molecule has 3 unspecified atom stereocenters. The van der Waals surface area contributed by atoms with Gasteiger partial charge in [-0.05, 0) is 77.0 Å². The Morgan fingerprint density at radius 2 is 0.745 bits per heavy atom. The van der Waals surface area contributed by atoms with Crippen LogP contribution in [0.2, 0.25) is 0 Å². The first-order valence-electron chi connectivity index (χ1n) is 24.3. The first-order chi connectivity index (χ1) is 27.1. The summed E-state index contributed by atoms with van der Waals surface area (Å²) >= 11 is 0. The summed E-state index contributed by atoms with van der Waals surface area (Å²) in [5.41, 5.74) is 0. The fourth-order valence-corrected chi connectivity index (χ4v) is 7.41. The molecule has 0 aromatic heterocycles. The van der Waals surface area contributed by atoms with Crippen LogP contribution in [-0.4, -0.2) is 46.1 Å². The second-order valence-corrected chi connectivity index (χ2v) is 16.6. The van der Waals surface area contributed by atoms with Gasteiger partial charge in [0.2, 0.25) is 5.91 Å². The molecule has 1 amide bonds. The Balaban J connectivity index is 3.54. The monoisotopic (exact) mass is 774 g/mol. The average Bonchev–Trinajstić information content (AvgIpc) is 3.19. The zero-order valence-electron chi connectivity index (χ0n) is 36.8. The van der Waals surface area contributed by atoms with Crippen LogP contribution in [0.1, 0.15) is 251 Å². The van der Waals surface area contributed by atoms with E-state index >= 15 is 0 Å². The highest BCUT2D eigenvalue weighted by Gasteiger charge is 2.26. The van der Waals surface area contributed by atoms with Gasteiger partial charge in [-0.15, -0.1) is 0 Å². The van der Waals surface area contributed by atoms with Crippen molar-refractivity contribution in [3.8, 4) is 0 Å². The number of aliphatic hydroxyl groups is 3. The standard InChI is InChI=1S/C50H95NO4/c1-3-5-7-9-11-13-15-17-18-19-20-21-22-23-24-25-26-27-28-29-30-31-32-33-35-37-39-41-43-45-49(54)51-47(46-52)50(55)48(53)44-42-40-38-36-34-16-14-12-10-8-6-4-2/h12,14,23-24,36,38,47-48,50,52-53,55H,3-11,13,15-22,25-35,37,39-46H2,1-2H3,(H,51,54)/b14-12+,24-23-,38-36+. The minimum absolute atomic E-state index is 0.158. The van der Waals surface area contributed by atoms with E-state index in [1.54, 1.807) is 0 Å². The van der Waals surface area contributed by atoms with Crippen molar-refractivity contribution in [3.63, 3.8) is 0 Å². The van der Waals surface area contributed by atoms with Gasteiger partial charge in [0, 0.05) is 6.42 Å². The Morgan fingerprint density at radius 3 is 1.15 bits per heavy atom. The zero-order chi connectivity index (χ0) is 40.1. The van der Waals surface area contributed by atoms with E-state index in [0.717, 1.165) is 44.9 Å². The van der Waals surface area contributed by atoms with Crippen LogP contribution in [0.3, 0.4) is 0 Å². The first kappa shape index (κ1) is 53.6. The smallest absolute Gasteiger partial charge is 0.220 e. The van der Waals surface area contributed by atoms with Crippen molar-refractivity contribution in [3.05, 3.63) is 36.5 Å². The lowest BCUT2D eigenvalue weighted by atomic mass is 10.0. The molecule has 0 fully saturated rings. The summed E-state index contributed by atoms with van der Waals surface area (Å²) in [7, 11) is 0. The number of amides is 1. The summed E-state index contributed by atoms with van der Waals surface area (Å²) < 4.78 is 0. The van der Waals surface area contributed by atoms with Crippen molar-refractivity contribution >= 4 is 5.91 Å². The lowest BCUT2D eigenvalue weighted by Gasteiger charge is -2.26. The molecule has 5 nitrogen and oxygen atoms in total. The molecule has 55 heavy (non-hydrogen) atoms. The van der Waals surface area contributed by atoms with Crippen LogP contribution < -0.4 is 5.32 Å². The Hall–Kier alpha value is -1.43. The second-order valence-electron chi connectivity index (χ2n) is 16.6. The molecule has 0 saturated heterocycles. The van der Waals surface area contributed by atoms with Crippen molar-refractivity contribution in [2.24, 2.45) is 0 Å². The summed E-state index contributed by atoms with van der Waals surface area (Å²) in [6.45, 7) is 4.14. The zero-order valence-corrected chi connectivity index (χ0v) is 36.8. The maximum absolute atomic E-state index is 12.4. The maximum Gasteiger partial charge on any atom is 0.220 e. The van der Waals surface area contributed by atoms with Gasteiger partial charge in [0.15, 0.2) is 0 Å². The van der Waals surface area contributed by atoms with Crippen molar-refractivity contribution in [1.82, 2.24) is 5.32 Å². The van der Waals surface area contributed by atoms with Crippen molar-refractivity contribution in [1.29, 1.82) is 0 Å². The second kappa shape index (κ2) is 45.3. The van der Waals surface area contributed by atoms with E-state index in [0.29, 0.717) is 12.8 Å². The molecule has 0 radical (unpaired) electrons. The van der Waals surface area contributed by atoms with E-state index in [9.17, 15) is 20.1 Å². The summed E-state index contributed by atoms with van der Waals surface area (Å²) in [5, 5.41) is 33.5. The van der Waals surface area contributed by atoms with Gasteiger partial charge in [-0.2, -0.15) is 0 Å². The van der Waals surface area contributed by atoms with E-state index in [2.05, 4.69) is 55.6 Å². The third kappa shape index (κ3) is 40.6. The Bertz CT molecular complexity index is 855. The SMILES string of the molecule is CCCCC/C=C/CC/C=C/CCCC(O)C(O)C(CO)NC(=O)CCCCCCCCCCCCCCC/C=C\CCCCCCCCCCCCCC. The van der Waals surface area contributed by atoms with Crippen LogP contribution in [0.4, 0.5) is 0 Å². The van der Waals surface area contributed by atoms with Gasteiger partial charge in [-0.3, -0.25) is 4.79 Å². The lowest BCUT2D eigenvalue weighted by molar-refractivity contribution is -0.124. The molecule has 0 aromatic carbocycles. The number of hydrogen-bond donors (Lipinski definition) is 4. The molecule has 0 aromatic rings. The van der Waals surface area contributed by atoms with Gasteiger partial charge in [-0.1, -0.05) is 204 Å². The molecule has 0 rings (SSSR count). The van der Waals surface area contributed by atoms with E-state index < -0.39 is 18.2 Å². The molecule has 0 bridgehead atoms. The number of aliphatic hydroxyl groups excluding tert-OH is 3. The van der Waals surface area contributed by atoms with Gasteiger partial charge >= 0.3 is 0 Å². The molecular weight excluding hydrogens is 679 g/mol. The van der Waals surface area contributed by atoms with E-state index in [1.807, 2.05) is 0 Å². The minimum Gasteiger partial charge on any atom is -0.394 e. The Kier molecular flexibility index (Phi) is 44.1. The molecule has 0 saturated carbocycles. The fraction of sp³-hybridized carbons (Fsp3) is 0.860. The van der Waals surface area contributed by atoms with Crippen LogP contribution in [0.25, 0.3) is 0 Å². The number of rotatable bonds is 44. The highest BCUT2D eigenvalue weighted by atomic mass is 16.3. The van der Waals surface area contributed by atoms with Crippen LogP contribution >= 0.6 is 0 Å². The molecular formula is C50H95NO4. The molecule has 0 aliphatic rings. The molecule has 0 aliphatic carbocycles. The lowest BCUT2D eigenvalue weighted by Crippen LogP contribution is -2.50. The van der Waals surface area contributed by atoms with Crippen molar-refractivity contribution in [2.75, 3.05) is 6.61 Å². The minimum atomic E-state index is -1.17. The molecule has 0 aliphatic heterocycles. The summed E-state index contributed by atoms with van der Waals surface area (Å²) in [4.78, 5) is 12.4. The highest BCUT2D eigenvalue weighted by Crippen LogP contribution is 2.16. The summed E-state index contributed by atoms with van der Waals surface area (Å²) in [6, 6.07) is -0.831. The third-order valence-electron chi connectivity index (χ3n) is 11.2. The van der Waals surface area contributed by atoms with Gasteiger partial charge in [0.05, 0.1) is 18.8 Å². The van der Waals surface area contributed by atoms with Crippen LogP contribution in [-0.2, 0) is 4.79 Å². The molecule has 3 atom stereocenters. The van der Waals surface area contributed by atoms with Gasteiger partial charge in [0.25, 0.3) is 0 Å². The molecule has 5 heteroatoms. The van der Waals surface area contributed by atoms with Crippen LogP contribution in [0, 0.1) is 0 Å².